The summed E-state index contributed by atoms with van der Waals surface area (Å²) in [5.41, 5.74) is 2.15. The number of carbonyl (C=O) groups excluding carboxylic acids is 2. The number of piperidine rings is 1. The number of ketones is 1. The zero-order valence-electron chi connectivity index (χ0n) is 17.0. The Morgan fingerprint density at radius 2 is 1.69 bits per heavy atom. The number of hydrogen-bond donors (Lipinski definition) is 1. The summed E-state index contributed by atoms with van der Waals surface area (Å²) in [6, 6.07) is 8.05. The predicted molar refractivity (Wildman–Crippen MR) is 106 cm³/mol. The van der Waals surface area contributed by atoms with E-state index in [1.54, 1.807) is 0 Å². The van der Waals surface area contributed by atoms with E-state index in [1.165, 1.54) is 5.56 Å². The van der Waals surface area contributed by atoms with Crippen LogP contribution in [0, 0.1) is 17.3 Å². The molecule has 0 aliphatic carbocycles. The predicted octanol–water partition coefficient (Wildman–Crippen LogP) is 4.54. The van der Waals surface area contributed by atoms with Crippen molar-refractivity contribution in [2.45, 2.75) is 53.9 Å². The van der Waals surface area contributed by atoms with Crippen LogP contribution >= 0.6 is 0 Å². The Balaban J connectivity index is 1.85. The van der Waals surface area contributed by atoms with Crippen LogP contribution in [-0.2, 0) is 6.42 Å². The zero-order chi connectivity index (χ0) is 19.3. The van der Waals surface area contributed by atoms with Gasteiger partial charge in [-0.2, -0.15) is 0 Å². The molecule has 1 aromatic rings. The molecule has 26 heavy (non-hydrogen) atoms. The van der Waals surface area contributed by atoms with Crippen LogP contribution in [0.3, 0.4) is 0 Å². The van der Waals surface area contributed by atoms with Gasteiger partial charge < -0.3 is 10.2 Å². The third-order valence-corrected chi connectivity index (χ3v) is 4.81. The molecule has 1 aromatic carbocycles. The van der Waals surface area contributed by atoms with E-state index in [1.807, 2.05) is 17.0 Å². The van der Waals surface area contributed by atoms with Crippen molar-refractivity contribution in [1.29, 1.82) is 0 Å². The Labute approximate surface area is 158 Å². The second kappa shape index (κ2) is 8.70. The maximum absolute atomic E-state index is 12.7. The Morgan fingerprint density at radius 1 is 1.12 bits per heavy atom. The summed E-state index contributed by atoms with van der Waals surface area (Å²) in [4.78, 5) is 26.8. The van der Waals surface area contributed by atoms with Gasteiger partial charge in [-0.1, -0.05) is 58.9 Å². The number of amides is 2. The van der Waals surface area contributed by atoms with Crippen LogP contribution in [0.25, 0.3) is 0 Å². The van der Waals surface area contributed by atoms with Gasteiger partial charge in [0.2, 0.25) is 0 Å². The summed E-state index contributed by atoms with van der Waals surface area (Å²) in [7, 11) is 0. The number of nitrogens with zero attached hydrogens (tertiary/aromatic N) is 1. The van der Waals surface area contributed by atoms with E-state index in [0.29, 0.717) is 25.6 Å². The average Bonchev–Trinajstić information content (AvgIpc) is 2.59. The molecule has 0 atom stereocenters. The van der Waals surface area contributed by atoms with Gasteiger partial charge >= 0.3 is 6.03 Å². The van der Waals surface area contributed by atoms with Crippen molar-refractivity contribution in [1.82, 2.24) is 10.2 Å². The summed E-state index contributed by atoms with van der Waals surface area (Å²) < 4.78 is 0. The Hall–Kier alpha value is -1.84. The lowest BCUT2D eigenvalue weighted by atomic mass is 9.88. The molecule has 0 radical (unpaired) electrons. The molecule has 144 valence electrons. The lowest BCUT2D eigenvalue weighted by molar-refractivity contribution is 0.0854. The molecule has 1 fully saturated rings. The lowest BCUT2D eigenvalue weighted by Gasteiger charge is -2.32. The molecule has 4 heteroatoms. The molecule has 1 aliphatic rings. The molecule has 2 amide bonds. The van der Waals surface area contributed by atoms with Crippen LogP contribution in [0.4, 0.5) is 4.79 Å². The molecule has 4 nitrogen and oxygen atoms in total. The number of nitrogens with one attached hydrogen (secondary N) is 1. The van der Waals surface area contributed by atoms with Crippen molar-refractivity contribution in [3.63, 3.8) is 0 Å². The summed E-state index contributed by atoms with van der Waals surface area (Å²) in [6.07, 6.45) is 2.53. The molecular weight excluding hydrogens is 324 g/mol. The lowest BCUT2D eigenvalue weighted by Crippen LogP contribution is -2.47. The molecule has 0 bridgehead atoms. The van der Waals surface area contributed by atoms with Gasteiger partial charge in [-0.15, -0.1) is 0 Å². The molecule has 1 saturated heterocycles. The van der Waals surface area contributed by atoms with Crippen molar-refractivity contribution >= 4 is 11.8 Å². The molecule has 2 rings (SSSR count). The SMILES string of the molecule is CC(C)Cc1ccc(C(=O)C2CCN(C(=O)NCC(C)(C)C)CC2)cc1. The monoisotopic (exact) mass is 358 g/mol. The average molecular weight is 359 g/mol. The first kappa shape index (κ1) is 20.5. The Morgan fingerprint density at radius 3 is 2.19 bits per heavy atom. The molecule has 1 heterocycles. The smallest absolute Gasteiger partial charge is 0.317 e. The van der Waals surface area contributed by atoms with Crippen molar-refractivity contribution in [3.8, 4) is 0 Å². The van der Waals surface area contributed by atoms with Crippen molar-refractivity contribution in [2.75, 3.05) is 19.6 Å². The molecule has 1 aliphatic heterocycles. The standard InChI is InChI=1S/C22H34N2O2/c1-16(2)14-17-6-8-18(9-7-17)20(25)19-10-12-24(13-11-19)21(26)23-15-22(3,4)5/h6-9,16,19H,10-15H2,1-5H3,(H,23,26). The minimum absolute atomic E-state index is 0.0103. The summed E-state index contributed by atoms with van der Waals surface area (Å²) in [5.74, 6) is 0.860. The van der Waals surface area contributed by atoms with Gasteiger partial charge in [0.05, 0.1) is 0 Å². The highest BCUT2D eigenvalue weighted by Gasteiger charge is 2.28. The van der Waals surface area contributed by atoms with E-state index < -0.39 is 0 Å². The van der Waals surface area contributed by atoms with Gasteiger partial charge in [-0.05, 0) is 36.2 Å². The second-order valence-corrected chi connectivity index (χ2v) is 9.14. The third kappa shape index (κ3) is 6.15. The minimum Gasteiger partial charge on any atom is -0.337 e. The largest absolute Gasteiger partial charge is 0.337 e. The van der Waals surface area contributed by atoms with Crippen LogP contribution in [0.2, 0.25) is 0 Å². The van der Waals surface area contributed by atoms with Crippen molar-refractivity contribution < 1.29 is 9.59 Å². The zero-order valence-corrected chi connectivity index (χ0v) is 17.0. The summed E-state index contributed by atoms with van der Waals surface area (Å²) >= 11 is 0. The third-order valence-electron chi connectivity index (χ3n) is 4.81. The molecule has 0 aromatic heterocycles. The quantitative estimate of drug-likeness (QED) is 0.786. The van der Waals surface area contributed by atoms with E-state index in [0.717, 1.165) is 24.8 Å². The van der Waals surface area contributed by atoms with Crippen molar-refractivity contribution in [2.24, 2.45) is 17.3 Å². The number of Topliss-reactive ketones (excluding diaryl/α,β-unsaturated/α-hetero) is 1. The second-order valence-electron chi connectivity index (χ2n) is 9.14. The molecular formula is C22H34N2O2. The van der Waals surface area contributed by atoms with Crippen molar-refractivity contribution in [3.05, 3.63) is 35.4 Å². The number of likely N-dealkylation sites (tertiary alicyclic amines) is 1. The molecule has 1 N–H and O–H groups in total. The van der Waals surface area contributed by atoms with E-state index in [9.17, 15) is 9.59 Å². The fourth-order valence-electron chi connectivity index (χ4n) is 3.31. The van der Waals surface area contributed by atoms with E-state index in [-0.39, 0.29) is 23.1 Å². The highest BCUT2D eigenvalue weighted by Crippen LogP contribution is 2.23. The summed E-state index contributed by atoms with van der Waals surface area (Å²) in [6.45, 7) is 12.7. The number of benzene rings is 1. The molecule has 0 unspecified atom stereocenters. The normalized spacial score (nSPS) is 16.0. The van der Waals surface area contributed by atoms with Crippen LogP contribution < -0.4 is 5.32 Å². The fraction of sp³-hybridized carbons (Fsp3) is 0.636. The maximum Gasteiger partial charge on any atom is 0.317 e. The number of hydrogen-bond acceptors (Lipinski definition) is 2. The molecule has 0 saturated carbocycles. The van der Waals surface area contributed by atoms with Crippen LogP contribution in [-0.4, -0.2) is 36.3 Å². The number of rotatable bonds is 5. The van der Waals surface area contributed by atoms with Gasteiger partial charge in [0.1, 0.15) is 0 Å². The first-order chi connectivity index (χ1) is 12.2. The number of carbonyl (C=O) groups is 2. The van der Waals surface area contributed by atoms with Crippen LogP contribution in [0.1, 0.15) is 63.4 Å². The minimum atomic E-state index is -0.0103. The van der Waals surface area contributed by atoms with E-state index >= 15 is 0 Å². The Bertz CT molecular complexity index is 606. The first-order valence-corrected chi connectivity index (χ1v) is 9.81. The van der Waals surface area contributed by atoms with Gasteiger partial charge in [0, 0.05) is 31.1 Å². The van der Waals surface area contributed by atoms with Crippen LogP contribution in [0.5, 0.6) is 0 Å². The number of urea groups is 1. The highest BCUT2D eigenvalue weighted by molar-refractivity contribution is 5.98. The van der Waals surface area contributed by atoms with E-state index in [4.69, 9.17) is 0 Å². The maximum atomic E-state index is 12.7. The highest BCUT2D eigenvalue weighted by atomic mass is 16.2. The van der Waals surface area contributed by atoms with Gasteiger partial charge in [0.25, 0.3) is 0 Å². The molecule has 0 spiro atoms. The van der Waals surface area contributed by atoms with Gasteiger partial charge in [0.15, 0.2) is 5.78 Å². The Kier molecular flexibility index (Phi) is 6.85. The van der Waals surface area contributed by atoms with Gasteiger partial charge in [-0.25, -0.2) is 4.79 Å². The van der Waals surface area contributed by atoms with E-state index in [2.05, 4.69) is 52.1 Å². The summed E-state index contributed by atoms with van der Waals surface area (Å²) in [5, 5.41) is 2.99. The fourth-order valence-corrected chi connectivity index (χ4v) is 3.31. The first-order valence-electron chi connectivity index (χ1n) is 9.81. The van der Waals surface area contributed by atoms with Gasteiger partial charge in [-0.3, -0.25) is 4.79 Å². The topological polar surface area (TPSA) is 49.4 Å². The van der Waals surface area contributed by atoms with Crippen LogP contribution in [0.15, 0.2) is 24.3 Å².